The fourth-order valence-corrected chi connectivity index (χ4v) is 1.20. The third kappa shape index (κ3) is 1.40. The molecule has 0 aliphatic heterocycles. The summed E-state index contributed by atoms with van der Waals surface area (Å²) in [4.78, 5) is 6.92. The maximum Gasteiger partial charge on any atom is 0.135 e. The zero-order valence-electron chi connectivity index (χ0n) is 7.08. The molecule has 0 aliphatic carbocycles. The minimum Gasteiger partial charge on any atom is -0.385 e. The van der Waals surface area contributed by atoms with Gasteiger partial charge in [0.15, 0.2) is 0 Å². The van der Waals surface area contributed by atoms with Crippen molar-refractivity contribution in [2.75, 3.05) is 0 Å². The molecule has 0 saturated carbocycles. The Bertz CT molecular complexity index is 436. The molecule has 0 fully saturated rings. The Morgan fingerprint density at radius 1 is 1.54 bits per heavy atom. The number of aliphatic hydroxyl groups is 1. The highest BCUT2D eigenvalue weighted by Crippen LogP contribution is 2.16. The molecule has 0 amide bonds. The zero-order chi connectivity index (χ0) is 9.42. The smallest absolute Gasteiger partial charge is 0.135 e. The number of nitrogens with zero attached hydrogens (tertiary/aromatic N) is 1. The molecule has 2 rings (SSSR count). The van der Waals surface area contributed by atoms with Crippen LogP contribution in [0.15, 0.2) is 18.2 Å². The van der Waals surface area contributed by atoms with Crippen molar-refractivity contribution in [3.05, 3.63) is 29.8 Å². The number of rotatable bonds is 1. The minimum atomic E-state index is -0.657. The number of imidazole rings is 1. The second-order valence-corrected chi connectivity index (χ2v) is 2.96. The van der Waals surface area contributed by atoms with Crippen LogP contribution in [0.5, 0.6) is 0 Å². The number of hydrogen-bond donors (Lipinski definition) is 2. The molecule has 4 heteroatoms. The summed E-state index contributed by atoms with van der Waals surface area (Å²) in [6.07, 6.45) is -0.657. The van der Waals surface area contributed by atoms with Crippen LogP contribution in [0.25, 0.3) is 11.0 Å². The van der Waals surface area contributed by atoms with Gasteiger partial charge in [0, 0.05) is 0 Å². The van der Waals surface area contributed by atoms with Gasteiger partial charge in [-0.25, -0.2) is 9.37 Å². The van der Waals surface area contributed by atoms with Crippen molar-refractivity contribution in [3.63, 3.8) is 0 Å². The number of halogens is 1. The Kier molecular flexibility index (Phi) is 1.77. The maximum atomic E-state index is 12.7. The topological polar surface area (TPSA) is 48.9 Å². The van der Waals surface area contributed by atoms with Crippen LogP contribution in [0.2, 0.25) is 0 Å². The monoisotopic (exact) mass is 180 g/mol. The van der Waals surface area contributed by atoms with Gasteiger partial charge in [0.05, 0.1) is 11.0 Å². The third-order valence-electron chi connectivity index (χ3n) is 1.86. The highest BCUT2D eigenvalue weighted by Gasteiger charge is 2.07. The van der Waals surface area contributed by atoms with Crippen molar-refractivity contribution in [1.82, 2.24) is 9.97 Å². The molecule has 1 heterocycles. The predicted molar refractivity (Wildman–Crippen MR) is 46.7 cm³/mol. The van der Waals surface area contributed by atoms with Gasteiger partial charge in [0.1, 0.15) is 17.7 Å². The molecule has 1 aromatic carbocycles. The molecule has 1 unspecified atom stereocenters. The van der Waals surface area contributed by atoms with Gasteiger partial charge in [-0.15, -0.1) is 0 Å². The number of hydrogen-bond acceptors (Lipinski definition) is 2. The van der Waals surface area contributed by atoms with E-state index < -0.39 is 6.10 Å². The summed E-state index contributed by atoms with van der Waals surface area (Å²) in [7, 11) is 0. The minimum absolute atomic E-state index is 0.312. The van der Waals surface area contributed by atoms with E-state index in [4.69, 9.17) is 0 Å². The number of aromatic nitrogens is 2. The summed E-state index contributed by atoms with van der Waals surface area (Å²) in [6, 6.07) is 4.27. The third-order valence-corrected chi connectivity index (χ3v) is 1.86. The van der Waals surface area contributed by atoms with Crippen LogP contribution in [0.1, 0.15) is 18.9 Å². The summed E-state index contributed by atoms with van der Waals surface area (Å²) in [5, 5.41) is 9.21. The molecular formula is C9H9FN2O. The lowest BCUT2D eigenvalue weighted by atomic mass is 10.3. The lowest BCUT2D eigenvalue weighted by Crippen LogP contribution is -1.92. The summed E-state index contributed by atoms with van der Waals surface area (Å²) in [5.74, 6) is 0.147. The molecule has 68 valence electrons. The maximum absolute atomic E-state index is 12.7. The first-order chi connectivity index (χ1) is 6.16. The van der Waals surface area contributed by atoms with Crippen LogP contribution in [0.3, 0.4) is 0 Å². The number of aromatic amines is 1. The molecule has 2 aromatic rings. The van der Waals surface area contributed by atoms with Crippen molar-refractivity contribution >= 4 is 11.0 Å². The van der Waals surface area contributed by atoms with E-state index in [0.717, 1.165) is 0 Å². The second-order valence-electron chi connectivity index (χ2n) is 2.96. The predicted octanol–water partition coefficient (Wildman–Crippen LogP) is 1.76. The van der Waals surface area contributed by atoms with Gasteiger partial charge in [-0.2, -0.15) is 0 Å². The van der Waals surface area contributed by atoms with Crippen LogP contribution < -0.4 is 0 Å². The van der Waals surface area contributed by atoms with Gasteiger partial charge in [-0.05, 0) is 25.1 Å². The van der Waals surface area contributed by atoms with Gasteiger partial charge in [-0.1, -0.05) is 0 Å². The van der Waals surface area contributed by atoms with Crippen molar-refractivity contribution in [2.24, 2.45) is 0 Å². The number of H-pyrrole nitrogens is 1. The molecule has 0 bridgehead atoms. The van der Waals surface area contributed by atoms with Gasteiger partial charge in [0.25, 0.3) is 0 Å². The molecule has 3 nitrogen and oxygen atoms in total. The first-order valence-electron chi connectivity index (χ1n) is 4.00. The SMILES string of the molecule is CC(O)c1nc2ccc(F)cc2[nH]1. The second kappa shape index (κ2) is 2.81. The van der Waals surface area contributed by atoms with Gasteiger partial charge in [-0.3, -0.25) is 0 Å². The first-order valence-corrected chi connectivity index (χ1v) is 4.00. The lowest BCUT2D eigenvalue weighted by Gasteiger charge is -1.95. The van der Waals surface area contributed by atoms with Gasteiger partial charge < -0.3 is 10.1 Å². The normalized spacial score (nSPS) is 13.5. The van der Waals surface area contributed by atoms with Crippen molar-refractivity contribution < 1.29 is 9.50 Å². The Morgan fingerprint density at radius 3 is 3.00 bits per heavy atom. The standard InChI is InChI=1S/C9H9FN2O/c1-5(13)9-11-7-3-2-6(10)4-8(7)12-9/h2-5,13H,1H3,(H,11,12). The average Bonchev–Trinajstić information content (AvgIpc) is 2.46. The fourth-order valence-electron chi connectivity index (χ4n) is 1.20. The van der Waals surface area contributed by atoms with Crippen LogP contribution >= 0.6 is 0 Å². The lowest BCUT2D eigenvalue weighted by molar-refractivity contribution is 0.190. The van der Waals surface area contributed by atoms with Gasteiger partial charge in [0.2, 0.25) is 0 Å². The summed E-state index contributed by atoms with van der Waals surface area (Å²) >= 11 is 0. The first kappa shape index (κ1) is 8.19. The van der Waals surface area contributed by atoms with E-state index in [1.165, 1.54) is 12.1 Å². The van der Waals surface area contributed by atoms with E-state index in [2.05, 4.69) is 9.97 Å². The molecule has 0 aliphatic rings. The molecular weight excluding hydrogens is 171 g/mol. The highest BCUT2D eigenvalue weighted by atomic mass is 19.1. The number of benzene rings is 1. The Balaban J connectivity index is 2.62. The Labute approximate surface area is 74.2 Å². The number of aliphatic hydroxyl groups excluding tert-OH is 1. The fraction of sp³-hybridized carbons (Fsp3) is 0.222. The average molecular weight is 180 g/mol. The van der Waals surface area contributed by atoms with Crippen LogP contribution in [0, 0.1) is 5.82 Å². The Morgan fingerprint density at radius 2 is 2.31 bits per heavy atom. The van der Waals surface area contributed by atoms with Gasteiger partial charge >= 0.3 is 0 Å². The van der Waals surface area contributed by atoms with E-state index in [0.29, 0.717) is 16.9 Å². The van der Waals surface area contributed by atoms with E-state index in [1.54, 1.807) is 13.0 Å². The van der Waals surface area contributed by atoms with Crippen molar-refractivity contribution in [3.8, 4) is 0 Å². The van der Waals surface area contributed by atoms with E-state index in [1.807, 2.05) is 0 Å². The molecule has 13 heavy (non-hydrogen) atoms. The Hall–Kier alpha value is -1.42. The van der Waals surface area contributed by atoms with E-state index >= 15 is 0 Å². The van der Waals surface area contributed by atoms with E-state index in [-0.39, 0.29) is 5.82 Å². The quantitative estimate of drug-likeness (QED) is 0.702. The molecule has 0 radical (unpaired) electrons. The molecule has 0 spiro atoms. The number of fused-ring (bicyclic) bond motifs is 1. The molecule has 1 atom stereocenters. The molecule has 1 aromatic heterocycles. The van der Waals surface area contributed by atoms with Crippen molar-refractivity contribution in [1.29, 1.82) is 0 Å². The molecule has 2 N–H and O–H groups in total. The van der Waals surface area contributed by atoms with Crippen LogP contribution in [-0.2, 0) is 0 Å². The summed E-state index contributed by atoms with van der Waals surface area (Å²) in [5.41, 5.74) is 1.27. The van der Waals surface area contributed by atoms with Crippen molar-refractivity contribution in [2.45, 2.75) is 13.0 Å². The van der Waals surface area contributed by atoms with Crippen LogP contribution in [-0.4, -0.2) is 15.1 Å². The number of nitrogens with one attached hydrogen (secondary N) is 1. The zero-order valence-corrected chi connectivity index (χ0v) is 7.08. The van der Waals surface area contributed by atoms with Crippen LogP contribution in [0.4, 0.5) is 4.39 Å². The summed E-state index contributed by atoms with van der Waals surface area (Å²) in [6.45, 7) is 1.61. The highest BCUT2D eigenvalue weighted by molar-refractivity contribution is 5.74. The molecule has 0 saturated heterocycles. The summed E-state index contributed by atoms with van der Waals surface area (Å²) < 4.78 is 12.7. The van der Waals surface area contributed by atoms with E-state index in [9.17, 15) is 9.50 Å². The largest absolute Gasteiger partial charge is 0.385 e.